The number of aryl methyl sites for hydroxylation is 1. The molecular weight excluding hydrogens is 222 g/mol. The summed E-state index contributed by atoms with van der Waals surface area (Å²) >= 11 is 0. The van der Waals surface area contributed by atoms with E-state index in [4.69, 9.17) is 0 Å². The second-order valence-electron chi connectivity index (χ2n) is 6.66. The Morgan fingerprint density at radius 2 is 2.17 bits per heavy atom. The highest BCUT2D eigenvalue weighted by molar-refractivity contribution is 5.32. The van der Waals surface area contributed by atoms with Crippen molar-refractivity contribution in [1.29, 1.82) is 0 Å². The third-order valence-corrected chi connectivity index (χ3v) is 3.72. The summed E-state index contributed by atoms with van der Waals surface area (Å²) in [7, 11) is 2.03. The largest absolute Gasteiger partial charge is 0.316 e. The van der Waals surface area contributed by atoms with Gasteiger partial charge in [0, 0.05) is 18.7 Å². The summed E-state index contributed by atoms with van der Waals surface area (Å²) in [4.78, 5) is 0. The van der Waals surface area contributed by atoms with E-state index in [9.17, 15) is 0 Å². The Bertz CT molecular complexity index is 400. The van der Waals surface area contributed by atoms with Gasteiger partial charge in [0.25, 0.3) is 0 Å². The Balaban J connectivity index is 2.03. The molecule has 0 saturated heterocycles. The van der Waals surface area contributed by atoms with Crippen LogP contribution in [-0.2, 0) is 12.5 Å². The zero-order chi connectivity index (χ0) is 13.3. The van der Waals surface area contributed by atoms with Crippen molar-refractivity contribution in [1.82, 2.24) is 15.1 Å². The number of hydrogen-bond acceptors (Lipinski definition) is 2. The highest BCUT2D eigenvalue weighted by atomic mass is 15.3. The second-order valence-corrected chi connectivity index (χ2v) is 6.66. The van der Waals surface area contributed by atoms with Crippen LogP contribution in [-0.4, -0.2) is 22.9 Å². The molecule has 1 heterocycles. The van der Waals surface area contributed by atoms with Crippen molar-refractivity contribution in [2.24, 2.45) is 13.0 Å². The molecule has 2 unspecified atom stereocenters. The van der Waals surface area contributed by atoms with Gasteiger partial charge in [0.05, 0.1) is 5.69 Å². The Labute approximate surface area is 111 Å². The van der Waals surface area contributed by atoms with Gasteiger partial charge < -0.3 is 5.32 Å². The van der Waals surface area contributed by atoms with Crippen molar-refractivity contribution in [3.8, 4) is 0 Å². The number of hydrogen-bond donors (Lipinski definition) is 1. The first-order valence-electron chi connectivity index (χ1n) is 7.18. The lowest BCUT2D eigenvalue weighted by Gasteiger charge is -2.17. The van der Waals surface area contributed by atoms with E-state index in [0.717, 1.165) is 24.9 Å². The van der Waals surface area contributed by atoms with E-state index >= 15 is 0 Å². The van der Waals surface area contributed by atoms with Crippen molar-refractivity contribution in [3.05, 3.63) is 17.5 Å². The molecule has 0 radical (unpaired) electrons. The van der Waals surface area contributed by atoms with Gasteiger partial charge in [-0.25, -0.2) is 0 Å². The van der Waals surface area contributed by atoms with Crippen molar-refractivity contribution in [2.45, 2.75) is 51.9 Å². The minimum atomic E-state index is 0.153. The maximum absolute atomic E-state index is 4.67. The second kappa shape index (κ2) is 5.04. The van der Waals surface area contributed by atoms with E-state index < -0.39 is 0 Å². The maximum Gasteiger partial charge on any atom is 0.0712 e. The van der Waals surface area contributed by atoms with Gasteiger partial charge >= 0.3 is 0 Å². The smallest absolute Gasteiger partial charge is 0.0712 e. The molecule has 2 rings (SSSR count). The molecule has 3 nitrogen and oxygen atoms in total. The molecule has 0 aliphatic heterocycles. The van der Waals surface area contributed by atoms with Crippen molar-refractivity contribution < 1.29 is 0 Å². The van der Waals surface area contributed by atoms with E-state index in [1.165, 1.54) is 24.1 Å². The van der Waals surface area contributed by atoms with Gasteiger partial charge in [0.2, 0.25) is 0 Å². The van der Waals surface area contributed by atoms with E-state index in [1.54, 1.807) is 0 Å². The molecule has 2 atom stereocenters. The van der Waals surface area contributed by atoms with E-state index in [-0.39, 0.29) is 5.41 Å². The summed E-state index contributed by atoms with van der Waals surface area (Å²) < 4.78 is 1.98. The monoisotopic (exact) mass is 249 g/mol. The fraction of sp³-hybridized carbons (Fsp3) is 0.800. The maximum atomic E-state index is 4.67. The fourth-order valence-electron chi connectivity index (χ4n) is 2.68. The zero-order valence-corrected chi connectivity index (χ0v) is 12.5. The standard InChI is InChI=1S/C15H27N3/c1-6-7-16-9-11-8-12(11)13-10-18(5)17-14(13)15(2,3)4/h10-12,16H,6-9H2,1-5H3. The highest BCUT2D eigenvalue weighted by Gasteiger charge is 2.41. The molecule has 1 aliphatic carbocycles. The Morgan fingerprint density at radius 3 is 2.78 bits per heavy atom. The molecule has 0 amide bonds. The Morgan fingerprint density at radius 1 is 1.44 bits per heavy atom. The SMILES string of the molecule is CCCNCC1CC1c1cn(C)nc1C(C)(C)C. The van der Waals surface area contributed by atoms with Crippen LogP contribution < -0.4 is 5.32 Å². The average Bonchev–Trinajstić information content (AvgIpc) is 2.91. The lowest BCUT2D eigenvalue weighted by atomic mass is 9.88. The molecule has 1 N–H and O–H groups in total. The van der Waals surface area contributed by atoms with E-state index in [1.807, 2.05) is 11.7 Å². The predicted molar refractivity (Wildman–Crippen MR) is 75.9 cm³/mol. The topological polar surface area (TPSA) is 29.9 Å². The van der Waals surface area contributed by atoms with E-state index in [2.05, 4.69) is 44.3 Å². The molecule has 1 aliphatic rings. The van der Waals surface area contributed by atoms with Crippen LogP contribution in [0.2, 0.25) is 0 Å². The highest BCUT2D eigenvalue weighted by Crippen LogP contribution is 2.49. The van der Waals surface area contributed by atoms with Crippen LogP contribution in [0.3, 0.4) is 0 Å². The molecule has 3 heteroatoms. The summed E-state index contributed by atoms with van der Waals surface area (Å²) in [6, 6.07) is 0. The van der Waals surface area contributed by atoms with Crippen LogP contribution in [0.15, 0.2) is 6.20 Å². The van der Waals surface area contributed by atoms with Gasteiger partial charge in [-0.3, -0.25) is 4.68 Å². The molecule has 0 bridgehead atoms. The Kier molecular flexibility index (Phi) is 3.81. The minimum absolute atomic E-state index is 0.153. The van der Waals surface area contributed by atoms with Crippen LogP contribution in [0, 0.1) is 5.92 Å². The molecule has 1 fully saturated rings. The van der Waals surface area contributed by atoms with E-state index in [0.29, 0.717) is 0 Å². The number of nitrogens with one attached hydrogen (secondary N) is 1. The van der Waals surface area contributed by atoms with Crippen LogP contribution in [0.25, 0.3) is 0 Å². The van der Waals surface area contributed by atoms with Crippen molar-refractivity contribution in [3.63, 3.8) is 0 Å². The third-order valence-electron chi connectivity index (χ3n) is 3.72. The van der Waals surface area contributed by atoms with Crippen molar-refractivity contribution >= 4 is 0 Å². The summed E-state index contributed by atoms with van der Waals surface area (Å²) in [5.74, 6) is 1.55. The molecular formula is C15H27N3. The van der Waals surface area contributed by atoms with Gasteiger partial charge in [-0.05, 0) is 43.3 Å². The molecule has 18 heavy (non-hydrogen) atoms. The third kappa shape index (κ3) is 2.94. The first-order chi connectivity index (χ1) is 8.43. The van der Waals surface area contributed by atoms with Crippen LogP contribution in [0.1, 0.15) is 57.7 Å². The fourth-order valence-corrected chi connectivity index (χ4v) is 2.68. The quantitative estimate of drug-likeness (QED) is 0.813. The first-order valence-corrected chi connectivity index (χ1v) is 7.18. The number of aromatic nitrogens is 2. The minimum Gasteiger partial charge on any atom is -0.316 e. The molecule has 1 aromatic heterocycles. The van der Waals surface area contributed by atoms with Gasteiger partial charge in [-0.1, -0.05) is 27.7 Å². The molecule has 0 aromatic carbocycles. The van der Waals surface area contributed by atoms with Gasteiger partial charge in [0.15, 0.2) is 0 Å². The molecule has 1 aromatic rings. The molecule has 102 valence electrons. The normalized spacial score (nSPS) is 23.4. The van der Waals surface area contributed by atoms with Gasteiger partial charge in [-0.15, -0.1) is 0 Å². The van der Waals surface area contributed by atoms with Crippen LogP contribution >= 0.6 is 0 Å². The van der Waals surface area contributed by atoms with Crippen molar-refractivity contribution in [2.75, 3.05) is 13.1 Å². The summed E-state index contributed by atoms with van der Waals surface area (Å²) in [5.41, 5.74) is 2.92. The lowest BCUT2D eigenvalue weighted by molar-refractivity contribution is 0.546. The van der Waals surface area contributed by atoms with Gasteiger partial charge in [-0.2, -0.15) is 5.10 Å². The Hall–Kier alpha value is -0.830. The lowest BCUT2D eigenvalue weighted by Crippen LogP contribution is -2.18. The summed E-state index contributed by atoms with van der Waals surface area (Å²) in [5, 5.41) is 8.20. The van der Waals surface area contributed by atoms with Gasteiger partial charge in [0.1, 0.15) is 0 Å². The number of nitrogens with zero attached hydrogens (tertiary/aromatic N) is 2. The van der Waals surface area contributed by atoms with Crippen LogP contribution in [0.4, 0.5) is 0 Å². The first kappa shape index (κ1) is 13.6. The average molecular weight is 249 g/mol. The predicted octanol–water partition coefficient (Wildman–Crippen LogP) is 2.82. The number of rotatable bonds is 5. The zero-order valence-electron chi connectivity index (χ0n) is 12.5. The molecule has 0 spiro atoms. The van der Waals surface area contributed by atoms with Crippen LogP contribution in [0.5, 0.6) is 0 Å². The summed E-state index contributed by atoms with van der Waals surface area (Å²) in [6.07, 6.45) is 4.77. The summed E-state index contributed by atoms with van der Waals surface area (Å²) in [6.45, 7) is 11.3. The molecule has 1 saturated carbocycles.